The van der Waals surface area contributed by atoms with Crippen molar-refractivity contribution in [3.63, 3.8) is 0 Å². The van der Waals surface area contributed by atoms with Gasteiger partial charge in [-0.25, -0.2) is 14.4 Å². The summed E-state index contributed by atoms with van der Waals surface area (Å²) in [6.07, 6.45) is -0.806. The normalized spacial score (nSPS) is 9.60. The quantitative estimate of drug-likeness (QED) is 0.147. The Morgan fingerprint density at radius 2 is 0.775 bits per heavy atom. The third kappa shape index (κ3) is 37.9. The summed E-state index contributed by atoms with van der Waals surface area (Å²) in [6.45, 7) is 0.947. The molecule has 1 rings (SSSR count). The minimum Gasteiger partial charge on any atom is -0.481 e. The molecule has 0 bridgehead atoms. The molecule has 228 valence electrons. The zero-order valence-electron chi connectivity index (χ0n) is 21.4. The van der Waals surface area contributed by atoms with Gasteiger partial charge in [0.05, 0.1) is 37.2 Å². The second kappa shape index (κ2) is 27.4. The Hall–Kier alpha value is -4.61. The molecule has 1 aromatic carbocycles. The van der Waals surface area contributed by atoms with Gasteiger partial charge < -0.3 is 51.1 Å². The summed E-state index contributed by atoms with van der Waals surface area (Å²) in [7, 11) is 0. The highest BCUT2D eigenvalue weighted by molar-refractivity contribution is 5.91. The maximum atomic E-state index is 10.3. The van der Waals surface area contributed by atoms with E-state index in [2.05, 4.69) is 0 Å². The lowest BCUT2D eigenvalue weighted by atomic mass is 10.1. The van der Waals surface area contributed by atoms with E-state index in [1.807, 2.05) is 0 Å². The number of aliphatic hydroxyl groups is 3. The zero-order valence-corrected chi connectivity index (χ0v) is 21.4. The van der Waals surface area contributed by atoms with Crippen LogP contribution in [0.4, 0.5) is 0 Å². The van der Waals surface area contributed by atoms with Crippen LogP contribution in [0.5, 0.6) is 0 Å². The first-order chi connectivity index (χ1) is 18.4. The van der Waals surface area contributed by atoms with Gasteiger partial charge >= 0.3 is 41.8 Å². The number of carboxylic acids is 7. The molecule has 17 nitrogen and oxygen atoms in total. The van der Waals surface area contributed by atoms with Gasteiger partial charge in [0.15, 0.2) is 0 Å². The average Bonchev–Trinajstić information content (AvgIpc) is 2.86. The van der Waals surface area contributed by atoms with Crippen molar-refractivity contribution in [3.05, 3.63) is 35.4 Å². The van der Waals surface area contributed by atoms with Crippen LogP contribution in [0.3, 0.4) is 0 Å². The van der Waals surface area contributed by atoms with Crippen LogP contribution in [0.25, 0.3) is 0 Å². The molecule has 1 unspecified atom stereocenters. The third-order valence-corrected chi connectivity index (χ3v) is 3.42. The van der Waals surface area contributed by atoms with Crippen molar-refractivity contribution < 1.29 is 84.6 Å². The van der Waals surface area contributed by atoms with E-state index in [4.69, 9.17) is 51.1 Å². The van der Waals surface area contributed by atoms with Crippen LogP contribution in [-0.2, 0) is 24.0 Å². The number of carbonyl (C=O) groups is 7. The van der Waals surface area contributed by atoms with Gasteiger partial charge in [-0.3, -0.25) is 19.2 Å². The maximum Gasteiger partial charge on any atom is 0.335 e. The summed E-state index contributed by atoms with van der Waals surface area (Å²) in [5, 5.41) is 80.0. The molecule has 1 aromatic rings. The Labute approximate surface area is 227 Å². The molecule has 0 amide bonds. The van der Waals surface area contributed by atoms with Crippen LogP contribution < -0.4 is 0 Å². The van der Waals surface area contributed by atoms with Gasteiger partial charge in [-0.15, -0.1) is 0 Å². The fourth-order valence-electron chi connectivity index (χ4n) is 1.52. The van der Waals surface area contributed by atoms with Crippen LogP contribution in [-0.4, -0.2) is 112 Å². The molecule has 0 radical (unpaired) electrons. The number of hydrogen-bond donors (Lipinski definition) is 10. The molecule has 0 aromatic heterocycles. The van der Waals surface area contributed by atoms with E-state index in [1.54, 1.807) is 0 Å². The smallest absolute Gasteiger partial charge is 0.335 e. The van der Waals surface area contributed by atoms with Crippen molar-refractivity contribution in [2.24, 2.45) is 0 Å². The molecule has 17 heteroatoms. The van der Waals surface area contributed by atoms with Crippen molar-refractivity contribution in [2.45, 2.75) is 51.6 Å². The summed E-state index contributed by atoms with van der Waals surface area (Å²) in [5.74, 6) is -7.20. The van der Waals surface area contributed by atoms with E-state index < -0.39 is 47.9 Å². The summed E-state index contributed by atoms with van der Waals surface area (Å²) in [6, 6.07) is 5.02. The molecule has 1 atom stereocenters. The summed E-state index contributed by atoms with van der Waals surface area (Å²) in [4.78, 5) is 69.2. The number of aliphatic hydroxyl groups excluding tert-OH is 3. The SMILES string of the molecule is CC(O)C(=O)O.O=C(O)CCC(=O)O.O=C(O)CCCCC(=O)O.O=C(O)c1ccc(C(=O)O)cc1.OCCO. The van der Waals surface area contributed by atoms with Crippen LogP contribution in [0.2, 0.25) is 0 Å². The Kier molecular flexibility index (Phi) is 29.1. The number of hydrogen-bond acceptors (Lipinski definition) is 10. The first-order valence-corrected chi connectivity index (χ1v) is 11.0. The predicted octanol–water partition coefficient (Wildman–Crippen LogP) is 0.158. The molecule has 0 aliphatic rings. The summed E-state index contributed by atoms with van der Waals surface area (Å²) in [5.41, 5.74) is 0.167. The van der Waals surface area contributed by atoms with Gasteiger partial charge in [0.2, 0.25) is 0 Å². The maximum absolute atomic E-state index is 10.3. The van der Waals surface area contributed by atoms with Gasteiger partial charge in [-0.2, -0.15) is 0 Å². The Bertz CT molecular complexity index is 841. The van der Waals surface area contributed by atoms with Crippen molar-refractivity contribution in [1.29, 1.82) is 0 Å². The van der Waals surface area contributed by atoms with Gasteiger partial charge in [0.25, 0.3) is 0 Å². The van der Waals surface area contributed by atoms with Crippen LogP contribution in [0, 0.1) is 0 Å². The van der Waals surface area contributed by atoms with Crippen LogP contribution in [0.1, 0.15) is 66.2 Å². The van der Waals surface area contributed by atoms with Crippen LogP contribution in [0.15, 0.2) is 24.3 Å². The molecule has 0 spiro atoms. The molecule has 10 N–H and O–H groups in total. The van der Waals surface area contributed by atoms with E-state index >= 15 is 0 Å². The third-order valence-electron chi connectivity index (χ3n) is 3.42. The Morgan fingerprint density at radius 1 is 0.550 bits per heavy atom. The van der Waals surface area contributed by atoms with Gasteiger partial charge in [0.1, 0.15) is 6.10 Å². The molecular formula is C23H34O17. The van der Waals surface area contributed by atoms with Crippen molar-refractivity contribution in [3.8, 4) is 0 Å². The molecule has 0 saturated heterocycles. The fourth-order valence-corrected chi connectivity index (χ4v) is 1.52. The van der Waals surface area contributed by atoms with Gasteiger partial charge in [-0.05, 0) is 44.0 Å². The number of carboxylic acid groups (broad SMARTS) is 7. The number of aromatic carboxylic acids is 2. The van der Waals surface area contributed by atoms with E-state index in [-0.39, 0.29) is 50.0 Å². The largest absolute Gasteiger partial charge is 0.481 e. The van der Waals surface area contributed by atoms with Gasteiger partial charge in [0, 0.05) is 12.8 Å². The Morgan fingerprint density at radius 3 is 0.900 bits per heavy atom. The lowest BCUT2D eigenvalue weighted by Crippen LogP contribution is -2.13. The van der Waals surface area contributed by atoms with E-state index in [0.717, 1.165) is 0 Å². The highest BCUT2D eigenvalue weighted by atomic mass is 16.4. The summed E-state index contributed by atoms with van der Waals surface area (Å²) < 4.78 is 0. The van der Waals surface area contributed by atoms with E-state index in [0.29, 0.717) is 12.8 Å². The second-order valence-electron chi connectivity index (χ2n) is 6.93. The highest BCUT2D eigenvalue weighted by Gasteiger charge is 2.05. The number of aliphatic carboxylic acids is 5. The van der Waals surface area contributed by atoms with E-state index in [1.165, 1.54) is 31.2 Å². The topological polar surface area (TPSA) is 322 Å². The molecule has 0 heterocycles. The summed E-state index contributed by atoms with van der Waals surface area (Å²) >= 11 is 0. The molecule has 0 saturated carbocycles. The highest BCUT2D eigenvalue weighted by Crippen LogP contribution is 2.03. The minimum atomic E-state index is -1.23. The zero-order chi connectivity index (χ0) is 32.3. The van der Waals surface area contributed by atoms with Gasteiger partial charge in [-0.1, -0.05) is 0 Å². The molecule has 0 fully saturated rings. The molecule has 40 heavy (non-hydrogen) atoms. The fraction of sp³-hybridized carbons (Fsp3) is 0.435. The van der Waals surface area contributed by atoms with Crippen molar-refractivity contribution >= 4 is 41.8 Å². The molecule has 0 aliphatic carbocycles. The van der Waals surface area contributed by atoms with Crippen molar-refractivity contribution in [2.75, 3.05) is 13.2 Å². The van der Waals surface area contributed by atoms with Crippen LogP contribution >= 0.6 is 0 Å². The van der Waals surface area contributed by atoms with E-state index in [9.17, 15) is 33.6 Å². The Balaban J connectivity index is -0.000000212. The molecular weight excluding hydrogens is 548 g/mol. The second-order valence-corrected chi connectivity index (χ2v) is 6.93. The lowest BCUT2D eigenvalue weighted by Gasteiger charge is -1.94. The predicted molar refractivity (Wildman–Crippen MR) is 132 cm³/mol. The first kappa shape index (κ1) is 42.5. The first-order valence-electron chi connectivity index (χ1n) is 11.0. The lowest BCUT2D eigenvalue weighted by molar-refractivity contribution is -0.145. The number of rotatable bonds is 12. The minimum absolute atomic E-state index is 0.0628. The average molecular weight is 583 g/mol. The number of benzene rings is 1. The monoisotopic (exact) mass is 582 g/mol. The molecule has 0 aliphatic heterocycles. The number of unbranched alkanes of at least 4 members (excludes halogenated alkanes) is 1. The van der Waals surface area contributed by atoms with Crippen molar-refractivity contribution in [1.82, 2.24) is 0 Å². The standard InChI is InChI=1S/C8H6O4.C6H10O4.C4H6O4.C3H6O3.C2H6O2/c9-7(10)5-1-2-6(4-3-5)8(11)12;7-5(8)3-1-2-4-6(9)10;5-3(6)1-2-4(7)8;1-2(4)3(5)6;3-1-2-4/h1-4H,(H,9,10)(H,11,12);1-4H2,(H,7,8)(H,9,10);1-2H2,(H,5,6)(H,7,8);2,4H,1H3,(H,5,6);3-4H,1-2H2.